The number of esters is 1. The molecule has 0 spiro atoms. The SMILES string of the molecule is CC(C)(C)OC(=O)CC(=O)CC(COCc1ccccc1)OC1CCCCO1. The second-order valence-electron chi connectivity index (χ2n) is 8.06. The third-order valence-corrected chi connectivity index (χ3v) is 4.11. The van der Waals surface area contributed by atoms with Gasteiger partial charge in [0.2, 0.25) is 0 Å². The van der Waals surface area contributed by atoms with Crippen molar-refractivity contribution in [3.8, 4) is 0 Å². The van der Waals surface area contributed by atoms with Gasteiger partial charge in [0.25, 0.3) is 0 Å². The molecule has 0 aliphatic carbocycles. The Hall–Kier alpha value is -1.76. The van der Waals surface area contributed by atoms with E-state index in [-0.39, 0.29) is 31.5 Å². The van der Waals surface area contributed by atoms with E-state index in [0.717, 1.165) is 24.8 Å². The van der Waals surface area contributed by atoms with Crippen LogP contribution in [0.4, 0.5) is 0 Å². The summed E-state index contributed by atoms with van der Waals surface area (Å²) in [5.74, 6) is -0.742. The van der Waals surface area contributed by atoms with Gasteiger partial charge in [0, 0.05) is 13.0 Å². The molecule has 0 saturated carbocycles. The molecule has 1 aromatic carbocycles. The Morgan fingerprint density at radius 2 is 1.93 bits per heavy atom. The summed E-state index contributed by atoms with van der Waals surface area (Å²) in [6.45, 7) is 6.69. The molecule has 1 aliphatic heterocycles. The first-order valence-electron chi connectivity index (χ1n) is 9.94. The first kappa shape index (κ1) is 22.5. The maximum absolute atomic E-state index is 12.3. The van der Waals surface area contributed by atoms with Crippen LogP contribution < -0.4 is 0 Å². The van der Waals surface area contributed by atoms with Gasteiger partial charge in [-0.2, -0.15) is 0 Å². The minimum Gasteiger partial charge on any atom is -0.460 e. The number of carbonyl (C=O) groups excluding carboxylic acids is 2. The molecule has 1 aromatic rings. The molecule has 1 heterocycles. The van der Waals surface area contributed by atoms with Gasteiger partial charge in [-0.25, -0.2) is 0 Å². The predicted octanol–water partition coefficient (Wildman–Crippen LogP) is 3.81. The lowest BCUT2D eigenvalue weighted by atomic mass is 10.1. The fraction of sp³-hybridized carbons (Fsp3) is 0.636. The molecule has 0 radical (unpaired) electrons. The van der Waals surface area contributed by atoms with E-state index in [1.807, 2.05) is 30.3 Å². The van der Waals surface area contributed by atoms with Crippen LogP contribution in [0.3, 0.4) is 0 Å². The Morgan fingerprint density at radius 3 is 2.57 bits per heavy atom. The molecule has 28 heavy (non-hydrogen) atoms. The molecule has 6 nitrogen and oxygen atoms in total. The number of Topliss-reactive ketones (excluding diaryl/α,β-unsaturated/α-hetero) is 1. The average molecular weight is 392 g/mol. The zero-order valence-corrected chi connectivity index (χ0v) is 17.1. The van der Waals surface area contributed by atoms with Crippen LogP contribution in [-0.2, 0) is 35.1 Å². The summed E-state index contributed by atoms with van der Waals surface area (Å²) < 4.78 is 22.6. The molecule has 1 fully saturated rings. The summed E-state index contributed by atoms with van der Waals surface area (Å²) >= 11 is 0. The number of ether oxygens (including phenoxy) is 4. The highest BCUT2D eigenvalue weighted by Crippen LogP contribution is 2.18. The summed E-state index contributed by atoms with van der Waals surface area (Å²) in [6, 6.07) is 9.81. The number of hydrogen-bond donors (Lipinski definition) is 0. The van der Waals surface area contributed by atoms with Crippen molar-refractivity contribution >= 4 is 11.8 Å². The Kier molecular flexibility index (Phi) is 9.09. The van der Waals surface area contributed by atoms with Crippen LogP contribution in [0.1, 0.15) is 58.4 Å². The molecule has 2 unspecified atom stereocenters. The van der Waals surface area contributed by atoms with Crippen LogP contribution in [0.5, 0.6) is 0 Å². The minimum absolute atomic E-state index is 0.0912. The van der Waals surface area contributed by atoms with Gasteiger partial charge in [-0.15, -0.1) is 0 Å². The van der Waals surface area contributed by atoms with Crippen molar-refractivity contribution < 1.29 is 28.5 Å². The molecule has 156 valence electrons. The highest BCUT2D eigenvalue weighted by molar-refractivity contribution is 5.95. The van der Waals surface area contributed by atoms with Crippen LogP contribution in [0.25, 0.3) is 0 Å². The van der Waals surface area contributed by atoms with Crippen molar-refractivity contribution in [1.29, 1.82) is 0 Å². The van der Waals surface area contributed by atoms with Crippen LogP contribution in [0.2, 0.25) is 0 Å². The first-order valence-corrected chi connectivity index (χ1v) is 9.94. The summed E-state index contributed by atoms with van der Waals surface area (Å²) in [4.78, 5) is 24.2. The fourth-order valence-corrected chi connectivity index (χ4v) is 2.93. The molecule has 2 atom stereocenters. The number of rotatable bonds is 10. The number of carbonyl (C=O) groups is 2. The van der Waals surface area contributed by atoms with E-state index in [4.69, 9.17) is 18.9 Å². The van der Waals surface area contributed by atoms with Gasteiger partial charge in [-0.3, -0.25) is 9.59 Å². The molecule has 2 rings (SSSR count). The van der Waals surface area contributed by atoms with Crippen LogP contribution >= 0.6 is 0 Å². The van der Waals surface area contributed by atoms with Gasteiger partial charge in [0.15, 0.2) is 6.29 Å². The zero-order chi connectivity index (χ0) is 20.4. The van der Waals surface area contributed by atoms with Crippen LogP contribution in [0.15, 0.2) is 30.3 Å². The summed E-state index contributed by atoms with van der Waals surface area (Å²) in [6.07, 6.45) is 1.90. The fourth-order valence-electron chi connectivity index (χ4n) is 2.93. The van der Waals surface area contributed by atoms with E-state index in [2.05, 4.69) is 0 Å². The van der Waals surface area contributed by atoms with E-state index in [1.54, 1.807) is 20.8 Å². The van der Waals surface area contributed by atoms with Gasteiger partial charge < -0.3 is 18.9 Å². The lowest BCUT2D eigenvalue weighted by Crippen LogP contribution is -2.33. The topological polar surface area (TPSA) is 71.1 Å². The quantitative estimate of drug-likeness (QED) is 0.445. The molecule has 0 N–H and O–H groups in total. The molecule has 6 heteroatoms. The lowest BCUT2D eigenvalue weighted by Gasteiger charge is -2.27. The highest BCUT2D eigenvalue weighted by Gasteiger charge is 2.25. The largest absolute Gasteiger partial charge is 0.460 e. The van der Waals surface area contributed by atoms with Crippen molar-refractivity contribution in [2.45, 2.75) is 77.5 Å². The van der Waals surface area contributed by atoms with Gasteiger partial charge in [-0.1, -0.05) is 30.3 Å². The third-order valence-electron chi connectivity index (χ3n) is 4.11. The van der Waals surface area contributed by atoms with E-state index < -0.39 is 17.7 Å². The van der Waals surface area contributed by atoms with Crippen molar-refractivity contribution in [2.75, 3.05) is 13.2 Å². The van der Waals surface area contributed by atoms with Gasteiger partial charge in [0.1, 0.15) is 17.8 Å². The van der Waals surface area contributed by atoms with Gasteiger partial charge in [0.05, 0.1) is 19.3 Å². The van der Waals surface area contributed by atoms with E-state index in [0.29, 0.717) is 13.2 Å². The molecular weight excluding hydrogens is 360 g/mol. The van der Waals surface area contributed by atoms with Crippen LogP contribution in [0, 0.1) is 0 Å². The standard InChI is InChI=1S/C22H32O6/c1-22(2,3)28-20(24)14-18(23)13-19(27-21-11-7-8-12-26-21)16-25-15-17-9-5-4-6-10-17/h4-6,9-10,19,21H,7-8,11-16H2,1-3H3. The van der Waals surface area contributed by atoms with Crippen molar-refractivity contribution in [3.05, 3.63) is 35.9 Å². The molecular formula is C22H32O6. The lowest BCUT2D eigenvalue weighted by molar-refractivity contribution is -0.199. The van der Waals surface area contributed by atoms with Crippen molar-refractivity contribution in [2.24, 2.45) is 0 Å². The van der Waals surface area contributed by atoms with E-state index in [1.165, 1.54) is 0 Å². The molecule has 0 bridgehead atoms. The number of ketones is 1. The normalized spacial score (nSPS) is 18.5. The zero-order valence-electron chi connectivity index (χ0n) is 17.1. The maximum atomic E-state index is 12.3. The Morgan fingerprint density at radius 1 is 1.18 bits per heavy atom. The average Bonchev–Trinajstić information content (AvgIpc) is 2.61. The molecule has 1 aliphatic rings. The summed E-state index contributed by atoms with van der Waals surface area (Å²) in [7, 11) is 0. The maximum Gasteiger partial charge on any atom is 0.313 e. The van der Waals surface area contributed by atoms with Crippen LogP contribution in [-0.4, -0.2) is 43.0 Å². The molecule has 0 aromatic heterocycles. The minimum atomic E-state index is -0.609. The van der Waals surface area contributed by atoms with Gasteiger partial charge >= 0.3 is 5.97 Å². The third kappa shape index (κ3) is 9.44. The summed E-state index contributed by atoms with van der Waals surface area (Å²) in [5.41, 5.74) is 0.442. The highest BCUT2D eigenvalue weighted by atomic mass is 16.7. The van der Waals surface area contributed by atoms with E-state index >= 15 is 0 Å². The number of hydrogen-bond acceptors (Lipinski definition) is 6. The predicted molar refractivity (Wildman–Crippen MR) is 105 cm³/mol. The Bertz CT molecular complexity index is 601. The number of benzene rings is 1. The summed E-state index contributed by atoms with van der Waals surface area (Å²) in [5, 5.41) is 0. The second kappa shape index (κ2) is 11.3. The molecule has 0 amide bonds. The Labute approximate surface area is 167 Å². The smallest absolute Gasteiger partial charge is 0.313 e. The Balaban J connectivity index is 1.85. The monoisotopic (exact) mass is 392 g/mol. The van der Waals surface area contributed by atoms with E-state index in [9.17, 15) is 9.59 Å². The van der Waals surface area contributed by atoms with Crippen molar-refractivity contribution in [3.63, 3.8) is 0 Å². The molecule has 1 saturated heterocycles. The van der Waals surface area contributed by atoms with Gasteiger partial charge in [-0.05, 0) is 45.6 Å². The van der Waals surface area contributed by atoms with Crippen molar-refractivity contribution in [1.82, 2.24) is 0 Å². The first-order chi connectivity index (χ1) is 13.3. The second-order valence-corrected chi connectivity index (χ2v) is 8.06.